The Bertz CT molecular complexity index is 524. The average Bonchev–Trinajstić information content (AvgIpc) is 2.63. The molecule has 0 fully saturated rings. The van der Waals surface area contributed by atoms with Gasteiger partial charge in [0.25, 0.3) is 0 Å². The summed E-state index contributed by atoms with van der Waals surface area (Å²) in [5.41, 5.74) is 0.570. The fourth-order valence-electron chi connectivity index (χ4n) is 2.67. The molecule has 0 heterocycles. The molecular weight excluding hydrogens is 316 g/mol. The highest BCUT2D eigenvalue weighted by Gasteiger charge is 2.21. The van der Waals surface area contributed by atoms with Gasteiger partial charge in [0.15, 0.2) is 0 Å². The van der Waals surface area contributed by atoms with E-state index in [0.29, 0.717) is 6.61 Å². The lowest BCUT2D eigenvalue weighted by molar-refractivity contribution is 0.0262. The van der Waals surface area contributed by atoms with Crippen molar-refractivity contribution in [3.63, 3.8) is 0 Å². The van der Waals surface area contributed by atoms with E-state index in [2.05, 4.69) is 13.8 Å². The summed E-state index contributed by atoms with van der Waals surface area (Å²) in [6.45, 7) is 6.60. The SMILES string of the molecule is CCCCCCCOC(=O)c1ccccc1C(=O)OC(CC)CCC. The Morgan fingerprint density at radius 3 is 2.12 bits per heavy atom. The molecule has 0 aliphatic heterocycles. The van der Waals surface area contributed by atoms with E-state index < -0.39 is 11.9 Å². The van der Waals surface area contributed by atoms with Gasteiger partial charge >= 0.3 is 11.9 Å². The van der Waals surface area contributed by atoms with Crippen LogP contribution in [0.25, 0.3) is 0 Å². The Morgan fingerprint density at radius 1 is 0.880 bits per heavy atom. The molecule has 25 heavy (non-hydrogen) atoms. The van der Waals surface area contributed by atoms with Crippen LogP contribution < -0.4 is 0 Å². The van der Waals surface area contributed by atoms with E-state index >= 15 is 0 Å². The molecule has 0 aromatic heterocycles. The second-order valence-electron chi connectivity index (χ2n) is 6.32. The molecule has 4 nitrogen and oxygen atoms in total. The van der Waals surface area contributed by atoms with Crippen LogP contribution in [0.3, 0.4) is 0 Å². The molecule has 0 amide bonds. The van der Waals surface area contributed by atoms with Crippen LogP contribution in [-0.4, -0.2) is 24.6 Å². The normalized spacial score (nSPS) is 11.8. The summed E-state index contributed by atoms with van der Waals surface area (Å²) < 4.78 is 10.9. The Labute approximate surface area is 151 Å². The van der Waals surface area contributed by atoms with Gasteiger partial charge in [0, 0.05) is 0 Å². The molecule has 0 aliphatic rings. The van der Waals surface area contributed by atoms with Crippen molar-refractivity contribution in [2.75, 3.05) is 6.61 Å². The first-order chi connectivity index (χ1) is 12.1. The minimum absolute atomic E-state index is 0.111. The first kappa shape index (κ1) is 21.2. The van der Waals surface area contributed by atoms with Crippen molar-refractivity contribution in [2.45, 2.75) is 78.2 Å². The molecule has 140 valence electrons. The van der Waals surface area contributed by atoms with Gasteiger partial charge in [-0.25, -0.2) is 9.59 Å². The number of hydrogen-bond acceptors (Lipinski definition) is 4. The van der Waals surface area contributed by atoms with Crippen LogP contribution in [0.4, 0.5) is 0 Å². The number of carbonyl (C=O) groups is 2. The highest BCUT2D eigenvalue weighted by Crippen LogP contribution is 2.16. The molecule has 1 atom stereocenters. The van der Waals surface area contributed by atoms with Crippen LogP contribution in [0.15, 0.2) is 24.3 Å². The predicted molar refractivity (Wildman–Crippen MR) is 99.9 cm³/mol. The van der Waals surface area contributed by atoms with E-state index in [9.17, 15) is 9.59 Å². The van der Waals surface area contributed by atoms with Gasteiger partial charge in [-0.3, -0.25) is 0 Å². The van der Waals surface area contributed by atoms with Gasteiger partial charge in [0.05, 0.1) is 17.7 Å². The molecule has 0 saturated carbocycles. The maximum absolute atomic E-state index is 12.4. The maximum Gasteiger partial charge on any atom is 0.339 e. The predicted octanol–water partition coefficient (Wildman–Crippen LogP) is 5.55. The van der Waals surface area contributed by atoms with Gasteiger partial charge < -0.3 is 9.47 Å². The van der Waals surface area contributed by atoms with E-state index in [0.717, 1.165) is 38.5 Å². The summed E-state index contributed by atoms with van der Waals surface area (Å²) in [7, 11) is 0. The number of carbonyl (C=O) groups excluding carboxylic acids is 2. The zero-order chi connectivity index (χ0) is 18.5. The van der Waals surface area contributed by atoms with Crippen LogP contribution in [0.2, 0.25) is 0 Å². The third-order valence-corrected chi connectivity index (χ3v) is 4.19. The van der Waals surface area contributed by atoms with Crippen molar-refractivity contribution in [3.8, 4) is 0 Å². The van der Waals surface area contributed by atoms with Gasteiger partial charge in [0.1, 0.15) is 6.10 Å². The first-order valence-electron chi connectivity index (χ1n) is 9.61. The van der Waals surface area contributed by atoms with Crippen LogP contribution >= 0.6 is 0 Å². The standard InChI is InChI=1S/C21H32O4/c1-4-7-8-9-12-16-24-20(22)18-14-10-11-15-19(18)21(23)25-17(6-3)13-5-2/h10-11,14-15,17H,4-9,12-13,16H2,1-3H3. The Hall–Kier alpha value is -1.84. The number of unbranched alkanes of at least 4 members (excludes halogenated alkanes) is 4. The van der Waals surface area contributed by atoms with E-state index in [-0.39, 0.29) is 17.2 Å². The van der Waals surface area contributed by atoms with Crippen molar-refractivity contribution in [2.24, 2.45) is 0 Å². The molecule has 0 aliphatic carbocycles. The zero-order valence-corrected chi connectivity index (χ0v) is 15.9. The minimum Gasteiger partial charge on any atom is -0.462 e. The number of esters is 2. The van der Waals surface area contributed by atoms with Crippen molar-refractivity contribution in [1.29, 1.82) is 0 Å². The average molecular weight is 348 g/mol. The number of ether oxygens (including phenoxy) is 2. The van der Waals surface area contributed by atoms with Gasteiger partial charge in [0.2, 0.25) is 0 Å². The third kappa shape index (κ3) is 7.72. The Balaban J connectivity index is 2.62. The molecule has 4 heteroatoms. The second-order valence-corrected chi connectivity index (χ2v) is 6.32. The second kappa shape index (κ2) is 12.5. The smallest absolute Gasteiger partial charge is 0.339 e. The quantitative estimate of drug-likeness (QED) is 0.367. The zero-order valence-electron chi connectivity index (χ0n) is 15.9. The number of rotatable bonds is 12. The fraction of sp³-hybridized carbons (Fsp3) is 0.619. The largest absolute Gasteiger partial charge is 0.462 e. The van der Waals surface area contributed by atoms with Crippen molar-refractivity contribution in [1.82, 2.24) is 0 Å². The van der Waals surface area contributed by atoms with Crippen molar-refractivity contribution < 1.29 is 19.1 Å². The minimum atomic E-state index is -0.452. The summed E-state index contributed by atoms with van der Waals surface area (Å²) in [4.78, 5) is 24.7. The van der Waals surface area contributed by atoms with Crippen LogP contribution in [0, 0.1) is 0 Å². The maximum atomic E-state index is 12.4. The Morgan fingerprint density at radius 2 is 1.52 bits per heavy atom. The summed E-state index contributed by atoms with van der Waals surface area (Å²) in [5.74, 6) is -0.901. The summed E-state index contributed by atoms with van der Waals surface area (Å²) in [6.07, 6.45) is 7.90. The van der Waals surface area contributed by atoms with Gasteiger partial charge in [-0.05, 0) is 31.4 Å². The van der Waals surface area contributed by atoms with Crippen molar-refractivity contribution in [3.05, 3.63) is 35.4 Å². The molecule has 0 saturated heterocycles. The summed E-state index contributed by atoms with van der Waals surface area (Å²) in [5, 5.41) is 0. The molecule has 0 radical (unpaired) electrons. The topological polar surface area (TPSA) is 52.6 Å². The van der Waals surface area contributed by atoms with E-state index in [1.165, 1.54) is 12.8 Å². The lowest BCUT2D eigenvalue weighted by Gasteiger charge is -2.16. The van der Waals surface area contributed by atoms with Crippen molar-refractivity contribution >= 4 is 11.9 Å². The summed E-state index contributed by atoms with van der Waals surface area (Å²) >= 11 is 0. The number of hydrogen-bond donors (Lipinski definition) is 0. The van der Waals surface area contributed by atoms with E-state index in [1.807, 2.05) is 6.92 Å². The fourth-order valence-corrected chi connectivity index (χ4v) is 2.67. The molecule has 0 spiro atoms. The van der Waals surface area contributed by atoms with Gasteiger partial charge in [-0.2, -0.15) is 0 Å². The van der Waals surface area contributed by atoms with E-state index in [1.54, 1.807) is 24.3 Å². The highest BCUT2D eigenvalue weighted by molar-refractivity contribution is 6.03. The number of benzene rings is 1. The molecule has 1 aromatic rings. The van der Waals surface area contributed by atoms with Gasteiger partial charge in [-0.15, -0.1) is 0 Å². The van der Waals surface area contributed by atoms with Gasteiger partial charge in [-0.1, -0.05) is 65.0 Å². The molecule has 1 aromatic carbocycles. The molecule has 1 rings (SSSR count). The molecule has 1 unspecified atom stereocenters. The monoisotopic (exact) mass is 348 g/mol. The Kier molecular flexibility index (Phi) is 10.6. The highest BCUT2D eigenvalue weighted by atomic mass is 16.5. The summed E-state index contributed by atoms with van der Waals surface area (Å²) in [6, 6.07) is 6.71. The van der Waals surface area contributed by atoms with Crippen LogP contribution in [0.5, 0.6) is 0 Å². The van der Waals surface area contributed by atoms with E-state index in [4.69, 9.17) is 9.47 Å². The lowest BCUT2D eigenvalue weighted by atomic mass is 10.1. The third-order valence-electron chi connectivity index (χ3n) is 4.19. The molecular formula is C21H32O4. The first-order valence-corrected chi connectivity index (χ1v) is 9.61. The molecule has 0 bridgehead atoms. The van der Waals surface area contributed by atoms with Crippen LogP contribution in [-0.2, 0) is 9.47 Å². The lowest BCUT2D eigenvalue weighted by Crippen LogP contribution is -2.20. The molecule has 0 N–H and O–H groups in total. The van der Waals surface area contributed by atoms with Crippen LogP contribution in [0.1, 0.15) is 92.9 Å².